The smallest absolute Gasteiger partial charge is 0.266 e. The summed E-state index contributed by atoms with van der Waals surface area (Å²) in [4.78, 5) is 23.4. The van der Waals surface area contributed by atoms with E-state index in [4.69, 9.17) is 0 Å². The molecule has 2 N–H and O–H groups in total. The Hall–Kier alpha value is -3.39. The summed E-state index contributed by atoms with van der Waals surface area (Å²) >= 11 is 0. The Morgan fingerprint density at radius 1 is 1.04 bits per heavy atom. The Bertz CT molecular complexity index is 875. The van der Waals surface area contributed by atoms with Crippen molar-refractivity contribution in [2.24, 2.45) is 0 Å². The predicted octanol–water partition coefficient (Wildman–Crippen LogP) is 4.70. The first-order valence-electron chi connectivity index (χ1n) is 8.83. The molecule has 0 radical (unpaired) electrons. The van der Waals surface area contributed by atoms with E-state index < -0.39 is 5.91 Å². The average molecular weight is 361 g/mol. The third-order valence-corrected chi connectivity index (χ3v) is 4.26. The molecule has 5 nitrogen and oxygen atoms in total. The van der Waals surface area contributed by atoms with Crippen LogP contribution in [0.2, 0.25) is 0 Å². The molecule has 2 amide bonds. The molecule has 1 atom stereocenters. The lowest BCUT2D eigenvalue weighted by atomic mass is 9.98. The third kappa shape index (κ3) is 5.82. The molecule has 2 rings (SSSR count). The first-order chi connectivity index (χ1) is 12.9. The SMILES string of the molecule is CC[C@H](C)c1ccc(NC(=O)/C(C#N)=C/c2ccc(NC(C)=O)cc2)cc1. The topological polar surface area (TPSA) is 82.0 Å². The van der Waals surface area contributed by atoms with Gasteiger partial charge in [-0.25, -0.2) is 0 Å². The van der Waals surface area contributed by atoms with Gasteiger partial charge in [-0.2, -0.15) is 5.26 Å². The lowest BCUT2D eigenvalue weighted by molar-refractivity contribution is -0.114. The molecular formula is C22H23N3O2. The number of carbonyl (C=O) groups is 2. The van der Waals surface area contributed by atoms with E-state index in [9.17, 15) is 14.9 Å². The van der Waals surface area contributed by atoms with Gasteiger partial charge in [0.05, 0.1) is 0 Å². The van der Waals surface area contributed by atoms with Crippen LogP contribution in [0.25, 0.3) is 6.08 Å². The van der Waals surface area contributed by atoms with Crippen molar-refractivity contribution in [2.45, 2.75) is 33.1 Å². The van der Waals surface area contributed by atoms with Crippen molar-refractivity contribution in [3.05, 3.63) is 65.2 Å². The van der Waals surface area contributed by atoms with Crippen LogP contribution in [0.4, 0.5) is 11.4 Å². The fourth-order valence-electron chi connectivity index (χ4n) is 2.51. The number of nitrogens with one attached hydrogen (secondary N) is 2. The minimum atomic E-state index is -0.459. The van der Waals surface area contributed by atoms with Crippen LogP contribution in [0.3, 0.4) is 0 Å². The highest BCUT2D eigenvalue weighted by molar-refractivity contribution is 6.09. The summed E-state index contributed by atoms with van der Waals surface area (Å²) in [5.41, 5.74) is 3.22. The molecule has 0 aromatic heterocycles. The molecule has 0 spiro atoms. The van der Waals surface area contributed by atoms with Gasteiger partial charge in [-0.1, -0.05) is 38.1 Å². The average Bonchev–Trinajstić information content (AvgIpc) is 2.66. The summed E-state index contributed by atoms with van der Waals surface area (Å²) in [5.74, 6) is -0.153. The second-order valence-corrected chi connectivity index (χ2v) is 6.36. The van der Waals surface area contributed by atoms with E-state index in [1.54, 1.807) is 24.3 Å². The van der Waals surface area contributed by atoms with Crippen LogP contribution in [0.5, 0.6) is 0 Å². The number of anilines is 2. The second-order valence-electron chi connectivity index (χ2n) is 6.36. The van der Waals surface area contributed by atoms with Crippen LogP contribution in [0.15, 0.2) is 54.1 Å². The number of nitriles is 1. The van der Waals surface area contributed by atoms with Crippen LogP contribution < -0.4 is 10.6 Å². The molecule has 0 saturated heterocycles. The molecule has 2 aromatic carbocycles. The molecule has 0 bridgehead atoms. The third-order valence-electron chi connectivity index (χ3n) is 4.26. The summed E-state index contributed by atoms with van der Waals surface area (Å²) in [6.45, 7) is 5.72. The quantitative estimate of drug-likeness (QED) is 0.578. The molecule has 2 aromatic rings. The number of amides is 2. The first kappa shape index (κ1) is 19.9. The zero-order chi connectivity index (χ0) is 19.8. The summed E-state index contributed by atoms with van der Waals surface area (Å²) in [5, 5.41) is 14.7. The fourth-order valence-corrected chi connectivity index (χ4v) is 2.51. The number of hydrogen-bond acceptors (Lipinski definition) is 3. The van der Waals surface area contributed by atoms with Crippen LogP contribution >= 0.6 is 0 Å². The largest absolute Gasteiger partial charge is 0.326 e. The van der Waals surface area contributed by atoms with E-state index in [1.807, 2.05) is 30.3 Å². The maximum atomic E-state index is 12.4. The number of benzene rings is 2. The van der Waals surface area contributed by atoms with Crippen molar-refractivity contribution in [1.29, 1.82) is 5.26 Å². The van der Waals surface area contributed by atoms with Crippen molar-refractivity contribution in [3.8, 4) is 6.07 Å². The van der Waals surface area contributed by atoms with Crippen LogP contribution in [-0.4, -0.2) is 11.8 Å². The highest BCUT2D eigenvalue weighted by Gasteiger charge is 2.10. The Labute approximate surface area is 159 Å². The lowest BCUT2D eigenvalue weighted by Crippen LogP contribution is -2.13. The molecule has 0 heterocycles. The van der Waals surface area contributed by atoms with E-state index in [1.165, 1.54) is 18.6 Å². The van der Waals surface area contributed by atoms with Gasteiger partial charge < -0.3 is 10.6 Å². The number of carbonyl (C=O) groups excluding carboxylic acids is 2. The van der Waals surface area contributed by atoms with Gasteiger partial charge in [-0.3, -0.25) is 9.59 Å². The van der Waals surface area contributed by atoms with Gasteiger partial charge in [-0.15, -0.1) is 0 Å². The normalized spacial score (nSPS) is 12.0. The molecule has 138 valence electrons. The van der Waals surface area contributed by atoms with Crippen molar-refractivity contribution < 1.29 is 9.59 Å². The summed E-state index contributed by atoms with van der Waals surface area (Å²) in [6, 6.07) is 16.5. The van der Waals surface area contributed by atoms with Crippen LogP contribution in [-0.2, 0) is 9.59 Å². The Kier molecular flexibility index (Phi) is 6.90. The molecule has 27 heavy (non-hydrogen) atoms. The Balaban J connectivity index is 2.10. The molecule has 0 aliphatic carbocycles. The standard InChI is InChI=1S/C22H23N3O2/c1-4-15(2)18-7-11-21(12-8-18)25-22(27)19(14-23)13-17-5-9-20(10-6-17)24-16(3)26/h5-13,15H,4H2,1-3H3,(H,24,26)(H,25,27)/b19-13+/t15-/m0/s1. The Morgan fingerprint density at radius 2 is 1.59 bits per heavy atom. The van der Waals surface area contributed by atoms with Gasteiger partial charge in [0.25, 0.3) is 5.91 Å². The highest BCUT2D eigenvalue weighted by atomic mass is 16.2. The highest BCUT2D eigenvalue weighted by Crippen LogP contribution is 2.21. The van der Waals surface area contributed by atoms with Crippen LogP contribution in [0, 0.1) is 11.3 Å². The summed E-state index contributed by atoms with van der Waals surface area (Å²) in [6.07, 6.45) is 2.56. The summed E-state index contributed by atoms with van der Waals surface area (Å²) < 4.78 is 0. The number of nitrogens with zero attached hydrogens (tertiary/aromatic N) is 1. The first-order valence-corrected chi connectivity index (χ1v) is 8.83. The molecule has 0 unspecified atom stereocenters. The van der Waals surface area contributed by atoms with Crippen molar-refractivity contribution in [1.82, 2.24) is 0 Å². The zero-order valence-electron chi connectivity index (χ0n) is 15.7. The molecule has 0 saturated carbocycles. The van der Waals surface area contributed by atoms with Gasteiger partial charge >= 0.3 is 0 Å². The van der Waals surface area contributed by atoms with Crippen molar-refractivity contribution in [3.63, 3.8) is 0 Å². The second kappa shape index (κ2) is 9.35. The van der Waals surface area contributed by atoms with Gasteiger partial charge in [0, 0.05) is 18.3 Å². The van der Waals surface area contributed by atoms with E-state index >= 15 is 0 Å². The van der Waals surface area contributed by atoms with E-state index in [0.717, 1.165) is 6.42 Å². The minimum Gasteiger partial charge on any atom is -0.326 e. The molecular weight excluding hydrogens is 338 g/mol. The lowest BCUT2D eigenvalue weighted by Gasteiger charge is -2.10. The van der Waals surface area contributed by atoms with Gasteiger partial charge in [0.1, 0.15) is 11.6 Å². The monoisotopic (exact) mass is 361 g/mol. The van der Waals surface area contributed by atoms with E-state index in [-0.39, 0.29) is 11.5 Å². The van der Waals surface area contributed by atoms with Gasteiger partial charge in [-0.05, 0) is 53.8 Å². The number of rotatable bonds is 6. The molecule has 0 aliphatic heterocycles. The van der Waals surface area contributed by atoms with Gasteiger partial charge in [0.2, 0.25) is 5.91 Å². The van der Waals surface area contributed by atoms with Crippen molar-refractivity contribution >= 4 is 29.3 Å². The maximum absolute atomic E-state index is 12.4. The molecule has 0 fully saturated rings. The fraction of sp³-hybridized carbons (Fsp3) is 0.227. The van der Waals surface area contributed by atoms with E-state index in [2.05, 4.69) is 24.5 Å². The van der Waals surface area contributed by atoms with Gasteiger partial charge in [0.15, 0.2) is 0 Å². The maximum Gasteiger partial charge on any atom is 0.266 e. The molecule has 5 heteroatoms. The van der Waals surface area contributed by atoms with E-state index in [0.29, 0.717) is 22.9 Å². The van der Waals surface area contributed by atoms with Crippen LogP contribution in [0.1, 0.15) is 44.2 Å². The minimum absolute atomic E-state index is 0.00767. The zero-order valence-corrected chi connectivity index (χ0v) is 15.7. The van der Waals surface area contributed by atoms with Crippen molar-refractivity contribution in [2.75, 3.05) is 10.6 Å². The molecule has 0 aliphatic rings. The number of hydrogen-bond donors (Lipinski definition) is 2. The summed E-state index contributed by atoms with van der Waals surface area (Å²) in [7, 11) is 0. The Morgan fingerprint density at radius 3 is 2.11 bits per heavy atom. The predicted molar refractivity (Wildman–Crippen MR) is 108 cm³/mol.